The maximum Gasteiger partial charge on any atom is 0.285 e. The minimum atomic E-state index is -0.144. The van der Waals surface area contributed by atoms with Gasteiger partial charge in [0, 0.05) is 43.6 Å². The lowest BCUT2D eigenvalue weighted by Gasteiger charge is -2.13. The number of rotatable bonds is 6. The van der Waals surface area contributed by atoms with Crippen LogP contribution in [0.1, 0.15) is 31.1 Å². The van der Waals surface area contributed by atoms with Crippen molar-refractivity contribution in [3.8, 4) is 0 Å². The van der Waals surface area contributed by atoms with Crippen molar-refractivity contribution in [2.75, 3.05) is 19.4 Å². The van der Waals surface area contributed by atoms with Crippen LogP contribution in [-0.2, 0) is 11.2 Å². The molecule has 1 saturated carbocycles. The Hall–Kier alpha value is -3.13. The molecule has 0 radical (unpaired) electrons. The van der Waals surface area contributed by atoms with Gasteiger partial charge >= 0.3 is 0 Å². The van der Waals surface area contributed by atoms with Crippen LogP contribution in [0.25, 0.3) is 10.9 Å². The number of hydrogen-bond acceptors (Lipinski definition) is 5. The molecule has 0 unspecified atom stereocenters. The first kappa shape index (κ1) is 21.1. The van der Waals surface area contributed by atoms with Crippen molar-refractivity contribution >= 4 is 39.5 Å². The number of aryl methyl sites for hydroxylation is 1. The Morgan fingerprint density at radius 3 is 2.52 bits per heavy atom. The highest BCUT2D eigenvalue weighted by Gasteiger charge is 2.28. The molecule has 1 aromatic heterocycles. The van der Waals surface area contributed by atoms with Gasteiger partial charge in [-0.2, -0.15) is 0 Å². The molecule has 2 aromatic carbocycles. The lowest BCUT2D eigenvalue weighted by atomic mass is 10.2. The maximum absolute atomic E-state index is 12.9. The summed E-state index contributed by atoms with van der Waals surface area (Å²) in [5, 5.41) is 3.44. The predicted octanol–water partition coefficient (Wildman–Crippen LogP) is 4.08. The third kappa shape index (κ3) is 4.96. The highest BCUT2D eigenvalue weighted by atomic mass is 32.2. The van der Waals surface area contributed by atoms with Gasteiger partial charge in [-0.15, -0.1) is 0 Å². The molecule has 2 amide bonds. The molecule has 0 spiro atoms. The van der Waals surface area contributed by atoms with Crippen LogP contribution in [0.4, 0.5) is 10.5 Å². The summed E-state index contributed by atoms with van der Waals surface area (Å²) < 4.78 is 1.77. The van der Waals surface area contributed by atoms with Crippen LogP contribution < -0.4 is 10.9 Å². The number of nitrogens with one attached hydrogen (secondary N) is 1. The number of thioether (sulfide) groups is 1. The molecule has 0 aliphatic heterocycles. The van der Waals surface area contributed by atoms with Crippen LogP contribution in [0.5, 0.6) is 0 Å². The molecular formula is C23H24N4O3S. The molecule has 0 saturated heterocycles. The van der Waals surface area contributed by atoms with Gasteiger partial charge in [0.2, 0.25) is 5.91 Å². The number of aromatic nitrogens is 2. The third-order valence-electron chi connectivity index (χ3n) is 5.08. The Kier molecular flexibility index (Phi) is 6.08. The second-order valence-electron chi connectivity index (χ2n) is 7.79. The van der Waals surface area contributed by atoms with Gasteiger partial charge in [0.05, 0.1) is 10.9 Å². The predicted molar refractivity (Wildman–Crippen MR) is 123 cm³/mol. The Labute approximate surface area is 184 Å². The highest BCUT2D eigenvalue weighted by Crippen LogP contribution is 2.35. The second kappa shape index (κ2) is 8.93. The van der Waals surface area contributed by atoms with Crippen LogP contribution in [0.2, 0.25) is 0 Å². The molecule has 0 bridgehead atoms. The zero-order valence-electron chi connectivity index (χ0n) is 17.5. The van der Waals surface area contributed by atoms with Gasteiger partial charge in [0.25, 0.3) is 10.8 Å². The van der Waals surface area contributed by atoms with Crippen LogP contribution in [0, 0.1) is 0 Å². The van der Waals surface area contributed by atoms with E-state index in [0.717, 1.165) is 29.5 Å². The number of nitrogens with zero attached hydrogens (tertiary/aromatic N) is 3. The van der Waals surface area contributed by atoms with Crippen molar-refractivity contribution in [1.82, 2.24) is 14.5 Å². The van der Waals surface area contributed by atoms with E-state index >= 15 is 0 Å². The van der Waals surface area contributed by atoms with E-state index in [-0.39, 0.29) is 29.2 Å². The Morgan fingerprint density at radius 1 is 1.13 bits per heavy atom. The first-order chi connectivity index (χ1) is 14.9. The molecule has 1 N–H and O–H groups in total. The van der Waals surface area contributed by atoms with Crippen molar-refractivity contribution in [1.29, 1.82) is 0 Å². The number of anilines is 1. The first-order valence-electron chi connectivity index (χ1n) is 10.2. The number of fused-ring (bicyclic) bond motifs is 1. The molecule has 0 atom stereocenters. The summed E-state index contributed by atoms with van der Waals surface area (Å²) in [4.78, 5) is 44.2. The van der Waals surface area contributed by atoms with Gasteiger partial charge in [0.1, 0.15) is 5.82 Å². The van der Waals surface area contributed by atoms with Gasteiger partial charge in [-0.3, -0.25) is 19.0 Å². The Bertz CT molecular complexity index is 1180. The Balaban J connectivity index is 1.42. The molecule has 1 fully saturated rings. The van der Waals surface area contributed by atoms with Crippen molar-refractivity contribution in [2.45, 2.75) is 36.6 Å². The van der Waals surface area contributed by atoms with Crippen molar-refractivity contribution < 1.29 is 9.59 Å². The van der Waals surface area contributed by atoms with Crippen molar-refractivity contribution in [2.24, 2.45) is 0 Å². The van der Waals surface area contributed by atoms with Gasteiger partial charge in [-0.25, -0.2) is 4.98 Å². The van der Waals surface area contributed by atoms with Gasteiger partial charge < -0.3 is 10.2 Å². The summed E-state index contributed by atoms with van der Waals surface area (Å²) in [6.07, 6.45) is 2.57. The SMILES string of the molecule is CN(C)C(=O)Sc1ccc(NC(=O)CCc2nc3ccccc3c(=O)n2C2CC2)cc1. The zero-order valence-corrected chi connectivity index (χ0v) is 18.3. The third-order valence-corrected chi connectivity index (χ3v) is 6.12. The monoisotopic (exact) mass is 436 g/mol. The largest absolute Gasteiger partial charge is 0.339 e. The lowest BCUT2D eigenvalue weighted by Crippen LogP contribution is -2.25. The molecule has 3 aromatic rings. The fourth-order valence-corrected chi connectivity index (χ4v) is 3.98. The average Bonchev–Trinajstić information content (AvgIpc) is 3.58. The maximum atomic E-state index is 12.9. The van der Waals surface area contributed by atoms with Crippen molar-refractivity contribution in [3.05, 3.63) is 64.7 Å². The molecular weight excluding hydrogens is 412 g/mol. The molecule has 1 aliphatic carbocycles. The van der Waals surface area contributed by atoms with Gasteiger partial charge in [-0.05, 0) is 61.0 Å². The highest BCUT2D eigenvalue weighted by molar-refractivity contribution is 8.13. The van der Waals surface area contributed by atoms with E-state index in [1.165, 1.54) is 4.90 Å². The van der Waals surface area contributed by atoms with E-state index in [1.54, 1.807) is 49.0 Å². The summed E-state index contributed by atoms with van der Waals surface area (Å²) in [5.74, 6) is 0.518. The van der Waals surface area contributed by atoms with Crippen LogP contribution >= 0.6 is 11.8 Å². The van der Waals surface area contributed by atoms with Gasteiger partial charge in [-0.1, -0.05) is 12.1 Å². The van der Waals surface area contributed by atoms with E-state index in [0.29, 0.717) is 28.8 Å². The fourth-order valence-electron chi connectivity index (χ4n) is 3.32. The van der Waals surface area contributed by atoms with E-state index in [9.17, 15) is 14.4 Å². The summed E-state index contributed by atoms with van der Waals surface area (Å²) >= 11 is 1.13. The van der Waals surface area contributed by atoms with E-state index in [4.69, 9.17) is 0 Å². The van der Waals surface area contributed by atoms with Gasteiger partial charge in [0.15, 0.2) is 0 Å². The first-order valence-corrected chi connectivity index (χ1v) is 11.0. The molecule has 7 nitrogen and oxygen atoms in total. The summed E-state index contributed by atoms with van der Waals surface area (Å²) in [7, 11) is 3.41. The van der Waals surface area contributed by atoms with Crippen LogP contribution in [0.15, 0.2) is 58.2 Å². The molecule has 1 aliphatic rings. The molecule has 160 valence electrons. The zero-order chi connectivity index (χ0) is 22.0. The Morgan fingerprint density at radius 2 is 1.84 bits per heavy atom. The molecule has 8 heteroatoms. The smallest absolute Gasteiger partial charge is 0.285 e. The minimum Gasteiger partial charge on any atom is -0.339 e. The number of carbonyl (C=O) groups excluding carboxylic acids is 2. The molecule has 4 rings (SSSR count). The van der Waals surface area contributed by atoms with Crippen LogP contribution in [0.3, 0.4) is 0 Å². The fraction of sp³-hybridized carbons (Fsp3) is 0.304. The van der Waals surface area contributed by atoms with Crippen LogP contribution in [-0.4, -0.2) is 39.7 Å². The number of para-hydroxylation sites is 1. The molecule has 1 heterocycles. The number of hydrogen-bond donors (Lipinski definition) is 1. The quantitative estimate of drug-likeness (QED) is 0.589. The van der Waals surface area contributed by atoms with E-state index in [2.05, 4.69) is 10.3 Å². The lowest BCUT2D eigenvalue weighted by molar-refractivity contribution is -0.116. The summed E-state index contributed by atoms with van der Waals surface area (Å²) in [6, 6.07) is 14.7. The summed E-state index contributed by atoms with van der Waals surface area (Å²) in [6.45, 7) is 0. The number of amides is 2. The standard InChI is InChI=1S/C23H24N4O3S/c1-26(2)23(30)31-17-11-7-15(8-12-17)24-21(28)14-13-20-25-19-6-4-3-5-18(19)22(29)27(20)16-9-10-16/h3-8,11-12,16H,9-10,13-14H2,1-2H3,(H,24,28). The number of benzene rings is 2. The average molecular weight is 437 g/mol. The normalized spacial score (nSPS) is 13.2. The molecule has 31 heavy (non-hydrogen) atoms. The van der Waals surface area contributed by atoms with Crippen molar-refractivity contribution in [3.63, 3.8) is 0 Å². The van der Waals surface area contributed by atoms with E-state index in [1.807, 2.05) is 18.2 Å². The van der Waals surface area contributed by atoms with E-state index < -0.39 is 0 Å². The summed E-state index contributed by atoms with van der Waals surface area (Å²) in [5.41, 5.74) is 1.31. The topological polar surface area (TPSA) is 84.3 Å². The minimum absolute atomic E-state index is 0.0242. The second-order valence-corrected chi connectivity index (χ2v) is 8.81. The number of carbonyl (C=O) groups is 2.